The normalized spacial score (nSPS) is 10.3. The number of benzene rings is 1. The van der Waals surface area contributed by atoms with E-state index in [1.54, 1.807) is 0 Å². The number of hydrogen-bond acceptors (Lipinski definition) is 2. The van der Waals surface area contributed by atoms with E-state index in [4.69, 9.17) is 0 Å². The quantitative estimate of drug-likeness (QED) is 0.806. The number of rotatable bonds is 5. The Morgan fingerprint density at radius 1 is 1.33 bits per heavy atom. The maximum Gasteiger partial charge on any atom is 0.151 e. The molecule has 1 aromatic rings. The average molecular weight is 213 g/mol. The zero-order chi connectivity index (χ0) is 11.3. The molecule has 1 aromatic carbocycles. The van der Waals surface area contributed by atoms with Crippen molar-refractivity contribution in [2.24, 2.45) is 0 Å². The molecule has 0 amide bonds. The molecular formula is C11H13F2NO. The van der Waals surface area contributed by atoms with E-state index >= 15 is 0 Å². The van der Waals surface area contributed by atoms with Gasteiger partial charge in [-0.25, -0.2) is 8.78 Å². The zero-order valence-electron chi connectivity index (χ0n) is 8.52. The van der Waals surface area contributed by atoms with Crippen molar-refractivity contribution in [2.45, 2.75) is 13.3 Å². The predicted octanol–water partition coefficient (Wildman–Crippen LogP) is 1.69. The minimum absolute atomic E-state index is 0.143. The summed E-state index contributed by atoms with van der Waals surface area (Å²) in [4.78, 5) is 11.3. The van der Waals surface area contributed by atoms with Crippen molar-refractivity contribution in [3.63, 3.8) is 0 Å². The van der Waals surface area contributed by atoms with Gasteiger partial charge in [0.05, 0.1) is 6.54 Å². The summed E-state index contributed by atoms with van der Waals surface area (Å²) in [7, 11) is 0. The van der Waals surface area contributed by atoms with Crippen LogP contribution >= 0.6 is 0 Å². The molecular weight excluding hydrogens is 200 g/mol. The first-order valence-corrected chi connectivity index (χ1v) is 4.80. The minimum Gasteiger partial charge on any atom is -0.310 e. The first-order valence-electron chi connectivity index (χ1n) is 4.80. The third-order valence-corrected chi connectivity index (χ3v) is 2.01. The predicted molar refractivity (Wildman–Crippen MR) is 53.6 cm³/mol. The lowest BCUT2D eigenvalue weighted by Gasteiger charge is -2.04. The number of hydrogen-bond donors (Lipinski definition) is 1. The van der Waals surface area contributed by atoms with Crippen molar-refractivity contribution in [3.8, 4) is 0 Å². The van der Waals surface area contributed by atoms with Gasteiger partial charge < -0.3 is 5.32 Å². The number of halogens is 2. The molecule has 2 nitrogen and oxygen atoms in total. The Balaban J connectivity index is 2.68. The number of ketones is 1. The largest absolute Gasteiger partial charge is 0.310 e. The van der Waals surface area contributed by atoms with Crippen LogP contribution < -0.4 is 5.32 Å². The van der Waals surface area contributed by atoms with Crippen LogP contribution in [0.2, 0.25) is 0 Å². The van der Waals surface area contributed by atoms with Gasteiger partial charge >= 0.3 is 0 Å². The van der Waals surface area contributed by atoms with Crippen LogP contribution in [0, 0.1) is 11.6 Å². The van der Waals surface area contributed by atoms with E-state index in [1.807, 2.05) is 6.92 Å². The molecule has 0 radical (unpaired) electrons. The van der Waals surface area contributed by atoms with Crippen LogP contribution in [0.4, 0.5) is 8.78 Å². The Kier molecular flexibility index (Phi) is 4.37. The number of Topliss-reactive ketones (excluding diaryl/α,β-unsaturated/α-hetero) is 1. The van der Waals surface area contributed by atoms with Crippen LogP contribution in [-0.2, 0) is 11.2 Å². The number of carbonyl (C=O) groups is 1. The Morgan fingerprint density at radius 3 is 2.47 bits per heavy atom. The van der Waals surface area contributed by atoms with Crippen LogP contribution in [0.25, 0.3) is 0 Å². The SMILES string of the molecule is CCNCC(=O)Cc1c(F)cccc1F. The van der Waals surface area contributed by atoms with Crippen LogP contribution in [-0.4, -0.2) is 18.9 Å². The van der Waals surface area contributed by atoms with Gasteiger partial charge in [-0.15, -0.1) is 0 Å². The summed E-state index contributed by atoms with van der Waals surface area (Å²) in [5, 5.41) is 2.81. The standard InChI is InChI=1S/C11H13F2NO/c1-2-14-7-8(15)6-9-10(12)4-3-5-11(9)13/h3-5,14H,2,6-7H2,1H3. The number of likely N-dealkylation sites (N-methyl/N-ethyl adjacent to an activating group) is 1. The monoisotopic (exact) mass is 213 g/mol. The highest BCUT2D eigenvalue weighted by molar-refractivity contribution is 5.82. The lowest BCUT2D eigenvalue weighted by molar-refractivity contribution is -0.117. The fourth-order valence-corrected chi connectivity index (χ4v) is 1.23. The molecule has 1 N–H and O–H groups in total. The molecule has 0 spiro atoms. The van der Waals surface area contributed by atoms with E-state index in [1.165, 1.54) is 6.07 Å². The molecule has 15 heavy (non-hydrogen) atoms. The second kappa shape index (κ2) is 5.56. The Hall–Kier alpha value is -1.29. The van der Waals surface area contributed by atoms with Crippen molar-refractivity contribution >= 4 is 5.78 Å². The van der Waals surface area contributed by atoms with Gasteiger partial charge in [-0.3, -0.25) is 4.79 Å². The third kappa shape index (κ3) is 3.40. The molecule has 0 bridgehead atoms. The number of carbonyl (C=O) groups excluding carboxylic acids is 1. The molecule has 0 saturated heterocycles. The Morgan fingerprint density at radius 2 is 1.93 bits per heavy atom. The molecule has 0 unspecified atom stereocenters. The topological polar surface area (TPSA) is 29.1 Å². The molecule has 0 heterocycles. The van der Waals surface area contributed by atoms with Crippen LogP contribution in [0.15, 0.2) is 18.2 Å². The van der Waals surface area contributed by atoms with Crippen molar-refractivity contribution < 1.29 is 13.6 Å². The summed E-state index contributed by atoms with van der Waals surface area (Å²) in [5.41, 5.74) is -0.152. The summed E-state index contributed by atoms with van der Waals surface area (Å²) in [6, 6.07) is 3.58. The van der Waals surface area contributed by atoms with Crippen LogP contribution in [0.5, 0.6) is 0 Å². The van der Waals surface area contributed by atoms with Crippen LogP contribution in [0.1, 0.15) is 12.5 Å². The maximum absolute atomic E-state index is 13.1. The summed E-state index contributed by atoms with van der Waals surface area (Å²) >= 11 is 0. The van der Waals surface area contributed by atoms with Crippen LogP contribution in [0.3, 0.4) is 0 Å². The first-order chi connectivity index (χ1) is 7.15. The van der Waals surface area contributed by atoms with Gasteiger partial charge in [0.2, 0.25) is 0 Å². The molecule has 0 aliphatic rings. The highest BCUT2D eigenvalue weighted by Gasteiger charge is 2.12. The lowest BCUT2D eigenvalue weighted by atomic mass is 10.1. The average Bonchev–Trinajstić information content (AvgIpc) is 2.21. The lowest BCUT2D eigenvalue weighted by Crippen LogP contribution is -2.24. The molecule has 0 atom stereocenters. The Bertz CT molecular complexity index is 332. The molecule has 4 heteroatoms. The second-order valence-electron chi connectivity index (χ2n) is 3.20. The Labute approximate surface area is 87.3 Å². The van der Waals surface area contributed by atoms with E-state index in [-0.39, 0.29) is 24.3 Å². The van der Waals surface area contributed by atoms with E-state index in [0.717, 1.165) is 12.1 Å². The summed E-state index contributed by atoms with van der Waals surface area (Å²) in [6.07, 6.45) is -0.203. The van der Waals surface area contributed by atoms with Crippen molar-refractivity contribution in [1.82, 2.24) is 5.32 Å². The molecule has 82 valence electrons. The zero-order valence-corrected chi connectivity index (χ0v) is 8.52. The fraction of sp³-hybridized carbons (Fsp3) is 0.364. The van der Waals surface area contributed by atoms with Crippen molar-refractivity contribution in [2.75, 3.05) is 13.1 Å². The molecule has 0 saturated carbocycles. The van der Waals surface area contributed by atoms with Gasteiger partial charge in [-0.05, 0) is 18.7 Å². The highest BCUT2D eigenvalue weighted by Crippen LogP contribution is 2.12. The maximum atomic E-state index is 13.1. The van der Waals surface area contributed by atoms with E-state index < -0.39 is 11.6 Å². The van der Waals surface area contributed by atoms with Gasteiger partial charge in [0.15, 0.2) is 5.78 Å². The van der Waals surface area contributed by atoms with Gasteiger partial charge in [0.1, 0.15) is 11.6 Å². The molecule has 0 aromatic heterocycles. The summed E-state index contributed by atoms with van der Waals surface area (Å²) < 4.78 is 26.2. The molecule has 0 fully saturated rings. The summed E-state index contributed by atoms with van der Waals surface area (Å²) in [5.74, 6) is -1.56. The van der Waals surface area contributed by atoms with Gasteiger partial charge in [0, 0.05) is 12.0 Å². The van der Waals surface area contributed by atoms with E-state index in [0.29, 0.717) is 6.54 Å². The molecule has 0 aliphatic heterocycles. The highest BCUT2D eigenvalue weighted by atomic mass is 19.1. The number of nitrogens with one attached hydrogen (secondary N) is 1. The molecule has 0 aliphatic carbocycles. The fourth-order valence-electron chi connectivity index (χ4n) is 1.23. The first kappa shape index (κ1) is 11.8. The van der Waals surface area contributed by atoms with Gasteiger partial charge in [-0.1, -0.05) is 13.0 Å². The third-order valence-electron chi connectivity index (χ3n) is 2.01. The second-order valence-corrected chi connectivity index (χ2v) is 3.20. The molecule has 1 rings (SSSR count). The summed E-state index contributed by atoms with van der Waals surface area (Å²) in [6.45, 7) is 2.66. The minimum atomic E-state index is -0.667. The van der Waals surface area contributed by atoms with E-state index in [2.05, 4.69) is 5.32 Å². The van der Waals surface area contributed by atoms with Crippen molar-refractivity contribution in [3.05, 3.63) is 35.4 Å². The van der Waals surface area contributed by atoms with Gasteiger partial charge in [-0.2, -0.15) is 0 Å². The smallest absolute Gasteiger partial charge is 0.151 e. The van der Waals surface area contributed by atoms with Gasteiger partial charge in [0.25, 0.3) is 0 Å². The van der Waals surface area contributed by atoms with E-state index in [9.17, 15) is 13.6 Å². The van der Waals surface area contributed by atoms with Crippen molar-refractivity contribution in [1.29, 1.82) is 0 Å².